The third kappa shape index (κ3) is 6.15. The van der Waals surface area contributed by atoms with Crippen LogP contribution in [0.5, 0.6) is 0 Å². The molecule has 0 spiro atoms. The number of halogens is 2. The van der Waals surface area contributed by atoms with Gasteiger partial charge in [0, 0.05) is 5.69 Å². The monoisotopic (exact) mass is 348 g/mol. The van der Waals surface area contributed by atoms with Crippen LogP contribution in [-0.4, -0.2) is 29.9 Å². The SMILES string of the molecule is CCCC(C(=O)Nc1c(C)cccc1C)N(CC)CC.Cl.Cl. The molecule has 22 heavy (non-hydrogen) atoms. The Bertz CT molecular complexity index is 428. The molecule has 0 heterocycles. The molecule has 1 aromatic carbocycles. The summed E-state index contributed by atoms with van der Waals surface area (Å²) in [7, 11) is 0. The third-order valence-electron chi connectivity index (χ3n) is 3.85. The molecule has 3 nitrogen and oxygen atoms in total. The number of benzene rings is 1. The van der Waals surface area contributed by atoms with E-state index in [2.05, 4.69) is 31.0 Å². The molecule has 1 amide bonds. The fraction of sp³-hybridized carbons (Fsp3) is 0.588. The van der Waals surface area contributed by atoms with Crippen LogP contribution in [0.1, 0.15) is 44.7 Å². The molecule has 0 aliphatic carbocycles. The first-order valence-electron chi connectivity index (χ1n) is 7.66. The molecule has 0 aliphatic rings. The average Bonchev–Trinajstić information content (AvgIpc) is 2.43. The van der Waals surface area contributed by atoms with E-state index in [1.807, 2.05) is 32.0 Å². The number of hydrogen-bond acceptors (Lipinski definition) is 2. The zero-order valence-corrected chi connectivity index (χ0v) is 15.9. The fourth-order valence-corrected chi connectivity index (χ4v) is 2.64. The van der Waals surface area contributed by atoms with Gasteiger partial charge in [0.1, 0.15) is 0 Å². The van der Waals surface area contributed by atoms with Crippen molar-refractivity contribution >= 4 is 36.4 Å². The van der Waals surface area contributed by atoms with Gasteiger partial charge in [0.15, 0.2) is 0 Å². The molecule has 0 fully saturated rings. The van der Waals surface area contributed by atoms with Crippen molar-refractivity contribution in [2.24, 2.45) is 0 Å². The number of hydrogen-bond donors (Lipinski definition) is 1. The molecule has 0 bridgehead atoms. The van der Waals surface area contributed by atoms with Crippen molar-refractivity contribution in [3.8, 4) is 0 Å². The lowest BCUT2D eigenvalue weighted by molar-refractivity contribution is -0.121. The summed E-state index contributed by atoms with van der Waals surface area (Å²) >= 11 is 0. The first-order valence-corrected chi connectivity index (χ1v) is 7.66. The molecular weight excluding hydrogens is 319 g/mol. The predicted molar refractivity (Wildman–Crippen MR) is 101 cm³/mol. The maximum atomic E-state index is 12.6. The molecule has 128 valence electrons. The summed E-state index contributed by atoms with van der Waals surface area (Å²) in [5.41, 5.74) is 3.20. The molecule has 0 saturated heterocycles. The quantitative estimate of drug-likeness (QED) is 0.780. The second-order valence-electron chi connectivity index (χ2n) is 5.28. The Morgan fingerprint density at radius 1 is 1.09 bits per heavy atom. The lowest BCUT2D eigenvalue weighted by Gasteiger charge is -2.28. The molecule has 0 radical (unpaired) electrons. The smallest absolute Gasteiger partial charge is 0.241 e. The van der Waals surface area contributed by atoms with Crippen molar-refractivity contribution in [2.45, 2.75) is 53.5 Å². The lowest BCUT2D eigenvalue weighted by atomic mass is 10.1. The lowest BCUT2D eigenvalue weighted by Crippen LogP contribution is -2.44. The van der Waals surface area contributed by atoms with Crippen molar-refractivity contribution < 1.29 is 4.79 Å². The number of rotatable bonds is 7. The second-order valence-corrected chi connectivity index (χ2v) is 5.28. The molecule has 1 rings (SSSR count). The molecule has 5 heteroatoms. The minimum Gasteiger partial charge on any atom is -0.324 e. The van der Waals surface area contributed by atoms with Gasteiger partial charge >= 0.3 is 0 Å². The first kappa shape index (κ1) is 23.5. The van der Waals surface area contributed by atoms with Crippen LogP contribution in [-0.2, 0) is 4.79 Å². The first-order chi connectivity index (χ1) is 9.54. The van der Waals surface area contributed by atoms with Crippen molar-refractivity contribution in [2.75, 3.05) is 18.4 Å². The normalized spacial score (nSPS) is 11.4. The summed E-state index contributed by atoms with van der Waals surface area (Å²) in [6, 6.07) is 6.06. The number of likely N-dealkylation sites (N-methyl/N-ethyl adjacent to an activating group) is 1. The van der Waals surface area contributed by atoms with Crippen molar-refractivity contribution in [3.63, 3.8) is 0 Å². The van der Waals surface area contributed by atoms with Gasteiger partial charge in [0.25, 0.3) is 0 Å². The summed E-state index contributed by atoms with van der Waals surface area (Å²) in [6.45, 7) is 12.2. The number of amides is 1. The maximum absolute atomic E-state index is 12.6. The van der Waals surface area contributed by atoms with Gasteiger partial charge in [0.2, 0.25) is 5.91 Å². The van der Waals surface area contributed by atoms with Crippen LogP contribution >= 0.6 is 24.8 Å². The van der Waals surface area contributed by atoms with Crippen LogP contribution in [0.15, 0.2) is 18.2 Å². The molecule has 0 saturated carbocycles. The number of nitrogens with zero attached hydrogens (tertiary/aromatic N) is 1. The number of anilines is 1. The largest absolute Gasteiger partial charge is 0.324 e. The summed E-state index contributed by atoms with van der Waals surface area (Å²) in [5.74, 6) is 0.118. The second kappa shape index (κ2) is 11.8. The highest BCUT2D eigenvalue weighted by atomic mass is 35.5. The fourth-order valence-electron chi connectivity index (χ4n) is 2.64. The van der Waals surface area contributed by atoms with E-state index >= 15 is 0 Å². The van der Waals surface area contributed by atoms with Gasteiger partial charge in [-0.2, -0.15) is 0 Å². The van der Waals surface area contributed by atoms with Gasteiger partial charge < -0.3 is 5.32 Å². The Morgan fingerprint density at radius 2 is 1.59 bits per heavy atom. The Morgan fingerprint density at radius 3 is 2.00 bits per heavy atom. The predicted octanol–water partition coefficient (Wildman–Crippen LogP) is 4.60. The Labute approximate surface area is 147 Å². The molecule has 1 N–H and O–H groups in total. The zero-order valence-electron chi connectivity index (χ0n) is 14.3. The van der Waals surface area contributed by atoms with Crippen LogP contribution in [0.2, 0.25) is 0 Å². The minimum atomic E-state index is -0.0333. The average molecular weight is 349 g/mol. The molecular formula is C17H30Cl2N2O. The summed E-state index contributed by atoms with van der Waals surface area (Å²) in [5, 5.41) is 3.13. The van der Waals surface area contributed by atoms with E-state index in [0.29, 0.717) is 0 Å². The summed E-state index contributed by atoms with van der Waals surface area (Å²) in [4.78, 5) is 14.8. The highest BCUT2D eigenvalue weighted by Crippen LogP contribution is 2.20. The van der Waals surface area contributed by atoms with Gasteiger partial charge in [-0.05, 0) is 44.5 Å². The van der Waals surface area contributed by atoms with Gasteiger partial charge in [-0.3, -0.25) is 9.69 Å². The van der Waals surface area contributed by atoms with Gasteiger partial charge in [0.05, 0.1) is 6.04 Å². The van der Waals surface area contributed by atoms with E-state index < -0.39 is 0 Å². The van der Waals surface area contributed by atoms with Crippen molar-refractivity contribution in [1.82, 2.24) is 4.90 Å². The Hall–Kier alpha value is -0.770. The van der Waals surface area contributed by atoms with E-state index in [1.54, 1.807) is 0 Å². The maximum Gasteiger partial charge on any atom is 0.241 e. The van der Waals surface area contributed by atoms with Crippen LogP contribution in [0.25, 0.3) is 0 Å². The zero-order chi connectivity index (χ0) is 15.1. The Balaban J connectivity index is 0. The third-order valence-corrected chi connectivity index (χ3v) is 3.85. The molecule has 1 atom stereocenters. The minimum absolute atomic E-state index is 0. The number of para-hydroxylation sites is 1. The molecule has 1 aromatic rings. The van der Waals surface area contributed by atoms with E-state index in [4.69, 9.17) is 0 Å². The van der Waals surface area contributed by atoms with Crippen molar-refractivity contribution in [3.05, 3.63) is 29.3 Å². The number of carbonyl (C=O) groups excluding carboxylic acids is 1. The Kier molecular flexibility index (Phi) is 12.6. The molecule has 1 unspecified atom stereocenters. The van der Waals surface area contributed by atoms with E-state index in [9.17, 15) is 4.79 Å². The van der Waals surface area contributed by atoms with Crippen molar-refractivity contribution in [1.29, 1.82) is 0 Å². The van der Waals surface area contributed by atoms with Crippen LogP contribution < -0.4 is 5.32 Å². The number of nitrogens with one attached hydrogen (secondary N) is 1. The summed E-state index contributed by atoms with van der Waals surface area (Å²) in [6.07, 6.45) is 1.92. The van der Waals surface area contributed by atoms with Gasteiger partial charge in [-0.1, -0.05) is 45.4 Å². The van der Waals surface area contributed by atoms with Gasteiger partial charge in [-0.15, -0.1) is 24.8 Å². The molecule has 0 aromatic heterocycles. The van der Waals surface area contributed by atoms with Crippen LogP contribution in [0.4, 0.5) is 5.69 Å². The number of carbonyl (C=O) groups is 1. The topological polar surface area (TPSA) is 32.3 Å². The van der Waals surface area contributed by atoms with E-state index in [-0.39, 0.29) is 36.8 Å². The standard InChI is InChI=1S/C17H28N2O.2ClH/c1-6-10-15(19(7-2)8-3)17(20)18-16-13(4)11-9-12-14(16)5;;/h9,11-12,15H,6-8,10H2,1-5H3,(H,18,20);2*1H. The molecule has 0 aliphatic heterocycles. The van der Waals surface area contributed by atoms with E-state index in [0.717, 1.165) is 42.7 Å². The van der Waals surface area contributed by atoms with Crippen LogP contribution in [0, 0.1) is 13.8 Å². The van der Waals surface area contributed by atoms with Crippen LogP contribution in [0.3, 0.4) is 0 Å². The summed E-state index contributed by atoms with van der Waals surface area (Å²) < 4.78 is 0. The highest BCUT2D eigenvalue weighted by Gasteiger charge is 2.23. The van der Waals surface area contributed by atoms with Gasteiger partial charge in [-0.25, -0.2) is 0 Å². The number of aryl methyl sites for hydroxylation is 2. The van der Waals surface area contributed by atoms with E-state index in [1.165, 1.54) is 0 Å². The highest BCUT2D eigenvalue weighted by molar-refractivity contribution is 5.96.